The van der Waals surface area contributed by atoms with Gasteiger partial charge >= 0.3 is 0 Å². The zero-order valence-corrected chi connectivity index (χ0v) is 31.7. The van der Waals surface area contributed by atoms with E-state index in [0.717, 1.165) is 44.4 Å². The van der Waals surface area contributed by atoms with Crippen LogP contribution in [0.5, 0.6) is 0 Å². The van der Waals surface area contributed by atoms with Gasteiger partial charge in [-0.2, -0.15) is 10.1 Å². The van der Waals surface area contributed by atoms with Gasteiger partial charge in [0.1, 0.15) is 0 Å². The summed E-state index contributed by atoms with van der Waals surface area (Å²) in [6.07, 6.45) is 5.76. The molecule has 9 nitrogen and oxygen atoms in total. The number of halogens is 1. The van der Waals surface area contributed by atoms with Gasteiger partial charge in [-0.15, -0.1) is 13.2 Å². The average molecular weight is 681 g/mol. The van der Waals surface area contributed by atoms with Crippen LogP contribution in [0.1, 0.15) is 81.1 Å². The maximum Gasteiger partial charge on any atom is 0.0864 e. The summed E-state index contributed by atoms with van der Waals surface area (Å²) in [5.41, 5.74) is -0.906. The second-order valence-corrected chi connectivity index (χ2v) is 15.6. The quantitative estimate of drug-likeness (QED) is 0.215. The molecule has 0 amide bonds. The molecular formula is C33H70BrN5O4. The van der Waals surface area contributed by atoms with Gasteiger partial charge < -0.3 is 30.1 Å². The number of aliphatic hydroxyl groups is 2. The first-order valence-electron chi connectivity index (χ1n) is 15.5. The van der Waals surface area contributed by atoms with Gasteiger partial charge in [-0.1, -0.05) is 28.1 Å². The van der Waals surface area contributed by atoms with Crippen LogP contribution in [0.3, 0.4) is 0 Å². The first-order chi connectivity index (χ1) is 19.5. The van der Waals surface area contributed by atoms with Gasteiger partial charge in [0.05, 0.1) is 18.8 Å². The van der Waals surface area contributed by atoms with Gasteiger partial charge in [0, 0.05) is 53.7 Å². The molecule has 2 saturated heterocycles. The number of hydrogen-bond donors (Lipinski definition) is 3. The van der Waals surface area contributed by atoms with E-state index in [1.807, 2.05) is 32.8 Å². The van der Waals surface area contributed by atoms with Crippen LogP contribution in [0.4, 0.5) is 0 Å². The zero-order valence-electron chi connectivity index (χ0n) is 30.2. The molecule has 2 aliphatic heterocycles. The van der Waals surface area contributed by atoms with Crippen LogP contribution in [0.2, 0.25) is 0 Å². The molecule has 0 radical (unpaired) electrons. The highest BCUT2D eigenvalue weighted by Crippen LogP contribution is 2.38. The van der Waals surface area contributed by atoms with E-state index in [1.165, 1.54) is 5.06 Å². The Morgan fingerprint density at radius 2 is 1.02 bits per heavy atom. The standard InChI is InChI=1S/C12H23NO2.C9H23N3.C9H19NO2.C3H5Br/c1-6-7-15-13-11(2,3)8-10(14)9-12(13,4)5;1-10(2)6-8-12(5)9-7-11(3)4;1-8(2)5-7(11)6-9(3,4)10(8)12;1-2-3-4/h6,10,14H,1,7-9H2,2-5H3;6-9H2,1-5H3;7,11-12H,5-6H2,1-4H3;2H,1,3H2. The first kappa shape index (κ1) is 44.7. The Labute approximate surface area is 274 Å². The summed E-state index contributed by atoms with van der Waals surface area (Å²) in [5, 5.41) is 33.5. The summed E-state index contributed by atoms with van der Waals surface area (Å²) in [5.74, 6) is 0. The molecule has 0 atom stereocenters. The van der Waals surface area contributed by atoms with Crippen LogP contribution in [0, 0.1) is 0 Å². The minimum atomic E-state index is -0.318. The molecule has 0 aliphatic carbocycles. The highest BCUT2D eigenvalue weighted by Gasteiger charge is 2.46. The second kappa shape index (κ2) is 20.7. The maximum absolute atomic E-state index is 9.82. The lowest BCUT2D eigenvalue weighted by molar-refractivity contribution is -0.286. The predicted octanol–water partition coefficient (Wildman–Crippen LogP) is 5.12. The molecule has 0 aromatic carbocycles. The van der Waals surface area contributed by atoms with Crippen LogP contribution in [0.15, 0.2) is 25.3 Å². The molecule has 2 rings (SSSR count). The highest BCUT2D eigenvalue weighted by molar-refractivity contribution is 9.09. The molecular weight excluding hydrogens is 610 g/mol. The third kappa shape index (κ3) is 19.0. The Morgan fingerprint density at radius 1 is 0.698 bits per heavy atom. The molecule has 0 unspecified atom stereocenters. The lowest BCUT2D eigenvalue weighted by Gasteiger charge is -2.52. The van der Waals surface area contributed by atoms with Crippen molar-refractivity contribution in [1.82, 2.24) is 24.8 Å². The van der Waals surface area contributed by atoms with Crippen LogP contribution in [-0.4, -0.2) is 148 Å². The van der Waals surface area contributed by atoms with E-state index in [4.69, 9.17) is 4.84 Å². The average Bonchev–Trinajstić information content (AvgIpc) is 2.83. The second-order valence-electron chi connectivity index (χ2n) is 14.9. The van der Waals surface area contributed by atoms with E-state index in [2.05, 4.69) is 107 Å². The molecule has 0 aromatic heterocycles. The Kier molecular flexibility index (Phi) is 21.5. The van der Waals surface area contributed by atoms with Gasteiger partial charge in [0.2, 0.25) is 0 Å². The largest absolute Gasteiger partial charge is 0.393 e. The topological polar surface area (TPSA) is 86.1 Å². The van der Waals surface area contributed by atoms with E-state index in [0.29, 0.717) is 19.4 Å². The van der Waals surface area contributed by atoms with Crippen LogP contribution in [0.25, 0.3) is 0 Å². The van der Waals surface area contributed by atoms with Crippen molar-refractivity contribution < 1.29 is 20.3 Å². The number of hydrogen-bond acceptors (Lipinski definition) is 9. The van der Waals surface area contributed by atoms with Crippen molar-refractivity contribution in [3.63, 3.8) is 0 Å². The number of rotatable bonds is 10. The van der Waals surface area contributed by atoms with Gasteiger partial charge in [-0.05, 0) is 116 Å². The molecule has 258 valence electrons. The van der Waals surface area contributed by atoms with Crippen molar-refractivity contribution in [2.24, 2.45) is 0 Å². The van der Waals surface area contributed by atoms with E-state index in [9.17, 15) is 15.4 Å². The van der Waals surface area contributed by atoms with Crippen molar-refractivity contribution in [3.05, 3.63) is 25.3 Å². The molecule has 43 heavy (non-hydrogen) atoms. The highest BCUT2D eigenvalue weighted by atomic mass is 79.9. The minimum Gasteiger partial charge on any atom is -0.393 e. The monoisotopic (exact) mass is 679 g/mol. The molecule has 2 fully saturated rings. The summed E-state index contributed by atoms with van der Waals surface area (Å²) >= 11 is 3.13. The normalized spacial score (nSPS) is 21.7. The number of nitrogens with zero attached hydrogens (tertiary/aromatic N) is 5. The third-order valence-corrected chi connectivity index (χ3v) is 7.93. The fraction of sp³-hybridized carbons (Fsp3) is 0.879. The van der Waals surface area contributed by atoms with Crippen molar-refractivity contribution in [2.45, 2.75) is 115 Å². The zero-order chi connectivity index (χ0) is 34.2. The van der Waals surface area contributed by atoms with Crippen molar-refractivity contribution in [3.8, 4) is 0 Å². The number of allylic oxidation sites excluding steroid dienone is 1. The van der Waals surface area contributed by atoms with E-state index in [1.54, 1.807) is 12.2 Å². The summed E-state index contributed by atoms with van der Waals surface area (Å²) in [6.45, 7) is 28.4. The van der Waals surface area contributed by atoms with Crippen LogP contribution >= 0.6 is 15.9 Å². The molecule has 0 spiro atoms. The molecule has 0 aromatic rings. The predicted molar refractivity (Wildman–Crippen MR) is 187 cm³/mol. The Balaban J connectivity index is 0. The minimum absolute atomic E-state index is 0.135. The number of aliphatic hydroxyl groups excluding tert-OH is 2. The van der Waals surface area contributed by atoms with E-state index < -0.39 is 0 Å². The Morgan fingerprint density at radius 3 is 1.30 bits per heavy atom. The number of alkyl halides is 1. The first-order valence-corrected chi connectivity index (χ1v) is 16.7. The fourth-order valence-electron chi connectivity index (χ4n) is 5.76. The van der Waals surface area contributed by atoms with Gasteiger partial charge in [-0.25, -0.2) is 0 Å². The van der Waals surface area contributed by atoms with Crippen molar-refractivity contribution >= 4 is 15.9 Å². The van der Waals surface area contributed by atoms with Crippen molar-refractivity contribution in [2.75, 3.05) is 73.4 Å². The Hall–Kier alpha value is -0.400. The van der Waals surface area contributed by atoms with Gasteiger partial charge in [0.25, 0.3) is 0 Å². The molecule has 10 heteroatoms. The molecule has 2 heterocycles. The maximum atomic E-state index is 9.82. The van der Waals surface area contributed by atoms with Crippen LogP contribution in [-0.2, 0) is 4.84 Å². The van der Waals surface area contributed by atoms with E-state index >= 15 is 0 Å². The van der Waals surface area contributed by atoms with Gasteiger partial charge in [0.15, 0.2) is 0 Å². The number of likely N-dealkylation sites (N-methyl/N-ethyl adjacent to an activating group) is 3. The van der Waals surface area contributed by atoms with Gasteiger partial charge in [-0.3, -0.25) is 4.84 Å². The van der Waals surface area contributed by atoms with E-state index in [-0.39, 0.29) is 34.4 Å². The number of piperidine rings is 2. The SMILES string of the molecule is C=CCBr.C=CCON1C(C)(C)CC(O)CC1(C)C.CC1(C)CC(O)CC(C)(C)N1O.CN(C)CCN(C)CCN(C)C. The Bertz CT molecular complexity index is 714. The third-order valence-electron chi connectivity index (χ3n) is 7.48. The summed E-state index contributed by atoms with van der Waals surface area (Å²) in [6, 6.07) is 0. The van der Waals surface area contributed by atoms with Crippen molar-refractivity contribution in [1.29, 1.82) is 0 Å². The summed E-state index contributed by atoms with van der Waals surface area (Å²) in [7, 11) is 10.6. The molecule has 2 aliphatic rings. The lowest BCUT2D eigenvalue weighted by atomic mass is 9.80. The molecule has 0 bridgehead atoms. The molecule has 3 N–H and O–H groups in total. The molecule has 0 saturated carbocycles. The van der Waals surface area contributed by atoms with Crippen LogP contribution < -0.4 is 0 Å². The number of hydroxylamine groups is 4. The lowest BCUT2D eigenvalue weighted by Crippen LogP contribution is -2.61. The summed E-state index contributed by atoms with van der Waals surface area (Å²) in [4.78, 5) is 12.5. The fourth-order valence-corrected chi connectivity index (χ4v) is 5.76. The summed E-state index contributed by atoms with van der Waals surface area (Å²) < 4.78 is 0. The smallest absolute Gasteiger partial charge is 0.0864 e.